The number of rotatable bonds is 7. The zero-order valence-electron chi connectivity index (χ0n) is 20.8. The molecule has 3 heterocycles. The molecule has 7 nitrogen and oxygen atoms in total. The van der Waals surface area contributed by atoms with Crippen LogP contribution in [0, 0.1) is 12.7 Å². The molecule has 0 atom stereocenters. The third-order valence-electron chi connectivity index (χ3n) is 6.31. The molecule has 0 spiro atoms. The number of imide groups is 1. The lowest BCUT2D eigenvalue weighted by molar-refractivity contribution is -0.577. The van der Waals surface area contributed by atoms with E-state index < -0.39 is 23.5 Å². The first-order valence-electron chi connectivity index (χ1n) is 12.2. The number of hydrogen-bond acceptors (Lipinski definition) is 4. The molecule has 0 fully saturated rings. The zero-order chi connectivity index (χ0) is 27.0. The van der Waals surface area contributed by atoms with Crippen LogP contribution in [0.1, 0.15) is 35.7 Å². The Morgan fingerprint density at radius 2 is 1.82 bits per heavy atom. The molecule has 2 aromatic carbocycles. The lowest BCUT2D eigenvalue weighted by Gasteiger charge is -2.16. The predicted octanol–water partition coefficient (Wildman–Crippen LogP) is 4.22. The Morgan fingerprint density at radius 1 is 1.05 bits per heavy atom. The Kier molecular flexibility index (Phi) is 6.82. The normalized spacial score (nSPS) is 13.6. The summed E-state index contributed by atoms with van der Waals surface area (Å²) in [5.41, 5.74) is 2.47. The van der Waals surface area contributed by atoms with Crippen LogP contribution >= 0.6 is 11.6 Å². The molecule has 0 aliphatic carbocycles. The lowest BCUT2D eigenvalue weighted by atomic mass is 10.0. The van der Waals surface area contributed by atoms with Crippen LogP contribution in [0.25, 0.3) is 17.0 Å². The maximum Gasteiger partial charge on any atom is 0.327 e. The van der Waals surface area contributed by atoms with Crippen LogP contribution in [-0.2, 0) is 22.6 Å². The van der Waals surface area contributed by atoms with Crippen LogP contribution in [0.2, 0.25) is 5.02 Å². The van der Waals surface area contributed by atoms with Gasteiger partial charge in [-0.15, -0.1) is 0 Å². The fraction of sp³-hybridized carbons (Fsp3) is 0.172. The maximum atomic E-state index is 13.9. The van der Waals surface area contributed by atoms with Crippen molar-refractivity contribution in [2.75, 3.05) is 0 Å². The average Bonchev–Trinajstić information content (AvgIpc) is 3.33. The Morgan fingerprint density at radius 3 is 2.50 bits per heavy atom. The summed E-state index contributed by atoms with van der Waals surface area (Å²) in [6.45, 7) is 3.74. The van der Waals surface area contributed by atoms with Crippen molar-refractivity contribution in [3.63, 3.8) is 0 Å². The second-order valence-corrected chi connectivity index (χ2v) is 9.54. The molecule has 5 rings (SSSR count). The van der Waals surface area contributed by atoms with Crippen LogP contribution in [0.5, 0.6) is 5.88 Å². The van der Waals surface area contributed by atoms with Gasteiger partial charge in [-0.2, -0.15) is 9.67 Å². The van der Waals surface area contributed by atoms with Crippen molar-refractivity contribution in [2.45, 2.75) is 33.2 Å². The van der Waals surface area contributed by atoms with Gasteiger partial charge in [0, 0.05) is 22.2 Å². The summed E-state index contributed by atoms with van der Waals surface area (Å²) in [5, 5.41) is 18.8. The van der Waals surface area contributed by atoms with Gasteiger partial charge in [0.05, 0.1) is 17.9 Å². The van der Waals surface area contributed by atoms with Gasteiger partial charge >= 0.3 is 5.91 Å². The number of hydrogen-bond donors (Lipinski definition) is 0. The molecule has 0 bridgehead atoms. The van der Waals surface area contributed by atoms with Gasteiger partial charge in [0.1, 0.15) is 11.4 Å². The van der Waals surface area contributed by atoms with Crippen molar-refractivity contribution in [1.82, 2.24) is 14.7 Å². The largest absolute Gasteiger partial charge is 0.858 e. The van der Waals surface area contributed by atoms with E-state index in [4.69, 9.17) is 11.6 Å². The summed E-state index contributed by atoms with van der Waals surface area (Å²) in [6.07, 6.45) is 4.49. The molecule has 2 amide bonds. The fourth-order valence-electron chi connectivity index (χ4n) is 4.57. The first-order chi connectivity index (χ1) is 18.3. The molecule has 38 heavy (non-hydrogen) atoms. The van der Waals surface area contributed by atoms with Crippen LogP contribution in [0.15, 0.2) is 73.1 Å². The Hall–Kier alpha value is -4.30. The first-order valence-corrected chi connectivity index (χ1v) is 12.5. The number of aryl methyl sites for hydroxylation is 2. The van der Waals surface area contributed by atoms with E-state index >= 15 is 0 Å². The van der Waals surface area contributed by atoms with Crippen LogP contribution < -0.4 is 9.67 Å². The second kappa shape index (κ2) is 10.2. The molecule has 0 saturated heterocycles. The number of carbonyl (C=O) groups is 2. The quantitative estimate of drug-likeness (QED) is 0.264. The molecule has 0 saturated carbocycles. The fourth-order valence-corrected chi connectivity index (χ4v) is 4.75. The van der Waals surface area contributed by atoms with E-state index in [1.54, 1.807) is 47.3 Å². The minimum atomic E-state index is -0.608. The van der Waals surface area contributed by atoms with Crippen LogP contribution in [0.4, 0.5) is 4.39 Å². The molecule has 0 N–H and O–H groups in total. The summed E-state index contributed by atoms with van der Waals surface area (Å²) in [4.78, 5) is 28.8. The highest BCUT2D eigenvalue weighted by molar-refractivity contribution is 6.44. The second-order valence-electron chi connectivity index (χ2n) is 9.10. The molecular weight excluding hydrogens is 507 g/mol. The number of benzene rings is 2. The predicted molar refractivity (Wildman–Crippen MR) is 138 cm³/mol. The van der Waals surface area contributed by atoms with Crippen molar-refractivity contribution in [3.8, 4) is 11.6 Å². The summed E-state index contributed by atoms with van der Waals surface area (Å²) < 4.78 is 16.3. The van der Waals surface area contributed by atoms with Crippen molar-refractivity contribution >= 4 is 34.7 Å². The van der Waals surface area contributed by atoms with Gasteiger partial charge in [0.2, 0.25) is 0 Å². The molecule has 4 aromatic rings. The van der Waals surface area contributed by atoms with Gasteiger partial charge in [0.15, 0.2) is 12.4 Å². The monoisotopic (exact) mass is 530 g/mol. The van der Waals surface area contributed by atoms with E-state index in [0.717, 1.165) is 10.5 Å². The van der Waals surface area contributed by atoms with Crippen LogP contribution in [-0.4, -0.2) is 26.5 Å². The summed E-state index contributed by atoms with van der Waals surface area (Å²) in [6, 6.07) is 15.9. The van der Waals surface area contributed by atoms with Crippen molar-refractivity contribution in [1.29, 1.82) is 0 Å². The third-order valence-corrected chi connectivity index (χ3v) is 6.54. The maximum absolute atomic E-state index is 13.9. The smallest absolute Gasteiger partial charge is 0.327 e. The summed E-state index contributed by atoms with van der Waals surface area (Å²) in [5.74, 6) is -2.09. The number of nitrogens with zero attached hydrogens (tertiary/aromatic N) is 4. The van der Waals surface area contributed by atoms with E-state index in [9.17, 15) is 19.1 Å². The van der Waals surface area contributed by atoms with E-state index in [1.807, 2.05) is 19.9 Å². The first kappa shape index (κ1) is 25.4. The van der Waals surface area contributed by atoms with E-state index in [1.165, 1.54) is 28.9 Å². The number of halogens is 2. The standard InChI is InChI=1S/C29H24ClFN4O3/c1-3-6-23-24(28(37)35(32-23)22-9-4-8-20(30)15-22)25-26(33-14-5-7-18(2)16-33)29(38)34(27(25)36)17-19-10-12-21(31)13-11-19/h4-5,7-16H,3,6,17H2,1-2H3. The Labute approximate surface area is 224 Å². The van der Waals surface area contributed by atoms with Gasteiger partial charge in [-0.3, -0.25) is 14.5 Å². The number of pyridine rings is 1. The van der Waals surface area contributed by atoms with Gasteiger partial charge in [-0.25, -0.2) is 9.07 Å². The van der Waals surface area contributed by atoms with Gasteiger partial charge in [-0.05, 0) is 61.2 Å². The SMILES string of the molecule is CCCc1nn(-c2cccc(Cl)c2)c([O-])c1C1=C([n+]2cccc(C)c2)C(=O)N(Cc2ccc(F)cc2)C1=O. The number of aromatic nitrogens is 3. The zero-order valence-corrected chi connectivity index (χ0v) is 21.6. The molecule has 1 aliphatic heterocycles. The Bertz CT molecular complexity index is 1590. The molecule has 0 unspecified atom stereocenters. The molecule has 1 aliphatic rings. The molecule has 9 heteroatoms. The van der Waals surface area contributed by atoms with E-state index in [-0.39, 0.29) is 23.4 Å². The van der Waals surface area contributed by atoms with Crippen molar-refractivity contribution < 1.29 is 23.7 Å². The Balaban J connectivity index is 1.71. The minimum Gasteiger partial charge on any atom is -0.858 e. The van der Waals surface area contributed by atoms with E-state index in [2.05, 4.69) is 5.10 Å². The third kappa shape index (κ3) is 4.59. The van der Waals surface area contributed by atoms with Gasteiger partial charge in [0.25, 0.3) is 11.6 Å². The minimum absolute atomic E-state index is 0.00515. The molecular formula is C29H24ClFN4O3. The van der Waals surface area contributed by atoms with Crippen LogP contribution in [0.3, 0.4) is 0 Å². The molecule has 0 radical (unpaired) electrons. The lowest BCUT2D eigenvalue weighted by Crippen LogP contribution is -2.39. The van der Waals surface area contributed by atoms with Crippen molar-refractivity contribution in [2.24, 2.45) is 0 Å². The highest BCUT2D eigenvalue weighted by Gasteiger charge is 2.46. The van der Waals surface area contributed by atoms with Crippen molar-refractivity contribution in [3.05, 3.63) is 106 Å². The highest BCUT2D eigenvalue weighted by Crippen LogP contribution is 2.38. The highest BCUT2D eigenvalue weighted by atomic mass is 35.5. The number of amides is 2. The number of carbonyl (C=O) groups excluding carboxylic acids is 2. The summed E-state index contributed by atoms with van der Waals surface area (Å²) >= 11 is 6.16. The summed E-state index contributed by atoms with van der Waals surface area (Å²) in [7, 11) is 0. The molecule has 2 aromatic heterocycles. The van der Waals surface area contributed by atoms with Gasteiger partial charge < -0.3 is 5.11 Å². The van der Waals surface area contributed by atoms with E-state index in [0.29, 0.717) is 34.8 Å². The topological polar surface area (TPSA) is 82.1 Å². The average molecular weight is 531 g/mol. The van der Waals surface area contributed by atoms with Gasteiger partial charge in [-0.1, -0.05) is 43.1 Å². The molecule has 192 valence electrons.